The van der Waals surface area contributed by atoms with Crippen molar-refractivity contribution in [3.8, 4) is 5.75 Å². The minimum absolute atomic E-state index is 0.0479. The Balaban J connectivity index is 2.62. The molecular weight excluding hydrogens is 280 g/mol. The molecule has 1 amide bonds. The highest BCUT2D eigenvalue weighted by Crippen LogP contribution is 2.17. The van der Waals surface area contributed by atoms with E-state index in [1.54, 1.807) is 24.3 Å². The van der Waals surface area contributed by atoms with Crippen molar-refractivity contribution in [2.45, 2.75) is 6.92 Å². The molecule has 0 aliphatic rings. The van der Waals surface area contributed by atoms with Gasteiger partial charge in [-0.2, -0.15) is 0 Å². The van der Waals surface area contributed by atoms with Crippen LogP contribution in [0, 0.1) is 0 Å². The van der Waals surface area contributed by atoms with Crippen LogP contribution in [-0.4, -0.2) is 37.3 Å². The van der Waals surface area contributed by atoms with Gasteiger partial charge in [0, 0.05) is 0 Å². The molecule has 6 nitrogen and oxygen atoms in total. The summed E-state index contributed by atoms with van der Waals surface area (Å²) in [5, 5.41) is 5.09. The van der Waals surface area contributed by atoms with Gasteiger partial charge in [-0.1, -0.05) is 12.1 Å². The number of nitrogens with one attached hydrogen (secondary N) is 2. The number of esters is 1. The number of methoxy groups -OCH3 is 1. The van der Waals surface area contributed by atoms with Crippen LogP contribution in [0.5, 0.6) is 5.75 Å². The zero-order chi connectivity index (χ0) is 15.0. The highest BCUT2D eigenvalue weighted by atomic mass is 32.1. The Kier molecular flexibility index (Phi) is 6.45. The summed E-state index contributed by atoms with van der Waals surface area (Å²) in [7, 11) is 1.27. The van der Waals surface area contributed by atoms with Crippen LogP contribution in [0.2, 0.25) is 0 Å². The summed E-state index contributed by atoms with van der Waals surface area (Å²) in [5.41, 5.74) is 0.372. The number of benzene rings is 1. The molecule has 7 heteroatoms. The highest BCUT2D eigenvalue weighted by Gasteiger charge is 2.13. The van der Waals surface area contributed by atoms with E-state index in [0.29, 0.717) is 17.9 Å². The van der Waals surface area contributed by atoms with Crippen molar-refractivity contribution in [2.75, 3.05) is 20.3 Å². The monoisotopic (exact) mass is 296 g/mol. The van der Waals surface area contributed by atoms with Crippen LogP contribution >= 0.6 is 12.2 Å². The van der Waals surface area contributed by atoms with E-state index in [9.17, 15) is 9.59 Å². The summed E-state index contributed by atoms with van der Waals surface area (Å²) in [6.07, 6.45) is 0. The maximum Gasteiger partial charge on any atom is 0.325 e. The number of hydrogen-bond donors (Lipinski definition) is 2. The van der Waals surface area contributed by atoms with Gasteiger partial charge in [-0.05, 0) is 31.3 Å². The lowest BCUT2D eigenvalue weighted by atomic mass is 10.2. The molecule has 0 atom stereocenters. The molecule has 1 aromatic carbocycles. The van der Waals surface area contributed by atoms with E-state index in [4.69, 9.17) is 17.0 Å². The third-order valence-corrected chi connectivity index (χ3v) is 2.53. The molecule has 108 valence electrons. The Labute approximate surface area is 122 Å². The van der Waals surface area contributed by atoms with Gasteiger partial charge in [-0.3, -0.25) is 14.9 Å². The van der Waals surface area contributed by atoms with Gasteiger partial charge in [0.05, 0.1) is 19.3 Å². The maximum atomic E-state index is 12.0. The van der Waals surface area contributed by atoms with E-state index in [0.717, 1.165) is 0 Å². The molecule has 0 fully saturated rings. The zero-order valence-electron chi connectivity index (χ0n) is 11.3. The van der Waals surface area contributed by atoms with E-state index in [-0.39, 0.29) is 11.7 Å². The van der Waals surface area contributed by atoms with Gasteiger partial charge >= 0.3 is 5.97 Å². The fraction of sp³-hybridized carbons (Fsp3) is 0.308. The molecule has 0 unspecified atom stereocenters. The summed E-state index contributed by atoms with van der Waals surface area (Å²) in [6, 6.07) is 6.82. The minimum Gasteiger partial charge on any atom is -0.493 e. The van der Waals surface area contributed by atoms with Crippen LogP contribution in [0.25, 0.3) is 0 Å². The van der Waals surface area contributed by atoms with Gasteiger partial charge in [0.2, 0.25) is 0 Å². The summed E-state index contributed by atoms with van der Waals surface area (Å²) < 4.78 is 9.80. The number of para-hydroxylation sites is 1. The molecular formula is C13H16N2O4S. The van der Waals surface area contributed by atoms with Gasteiger partial charge in [-0.25, -0.2) is 0 Å². The van der Waals surface area contributed by atoms with Crippen molar-refractivity contribution in [3.63, 3.8) is 0 Å². The van der Waals surface area contributed by atoms with Gasteiger partial charge in [0.1, 0.15) is 12.3 Å². The first kappa shape index (κ1) is 15.9. The molecule has 20 heavy (non-hydrogen) atoms. The van der Waals surface area contributed by atoms with Crippen LogP contribution in [0.15, 0.2) is 24.3 Å². The van der Waals surface area contributed by atoms with E-state index in [2.05, 4.69) is 15.4 Å². The second-order valence-electron chi connectivity index (χ2n) is 3.64. The summed E-state index contributed by atoms with van der Waals surface area (Å²) >= 11 is 4.91. The lowest BCUT2D eigenvalue weighted by Crippen LogP contribution is -2.41. The first-order valence-corrected chi connectivity index (χ1v) is 6.37. The van der Waals surface area contributed by atoms with Gasteiger partial charge in [0.15, 0.2) is 5.11 Å². The predicted octanol–water partition coefficient (Wildman–Crippen LogP) is 0.863. The van der Waals surface area contributed by atoms with E-state index in [1.165, 1.54) is 7.11 Å². The predicted molar refractivity (Wildman–Crippen MR) is 77.7 cm³/mol. The molecule has 0 heterocycles. The number of amides is 1. The molecule has 0 saturated carbocycles. The lowest BCUT2D eigenvalue weighted by Gasteiger charge is -2.11. The Morgan fingerprint density at radius 1 is 1.30 bits per heavy atom. The first-order chi connectivity index (χ1) is 9.58. The fourth-order valence-electron chi connectivity index (χ4n) is 1.37. The smallest absolute Gasteiger partial charge is 0.325 e. The second-order valence-corrected chi connectivity index (χ2v) is 4.05. The van der Waals surface area contributed by atoms with Crippen molar-refractivity contribution in [1.29, 1.82) is 0 Å². The zero-order valence-corrected chi connectivity index (χ0v) is 12.1. The highest BCUT2D eigenvalue weighted by molar-refractivity contribution is 7.80. The SMILES string of the molecule is CCOc1ccccc1C(=O)NC(=S)NCC(=O)OC. The van der Waals surface area contributed by atoms with Gasteiger partial charge < -0.3 is 14.8 Å². The number of hydrogen-bond acceptors (Lipinski definition) is 5. The summed E-state index contributed by atoms with van der Waals surface area (Å²) in [4.78, 5) is 23.0. The number of carbonyl (C=O) groups is 2. The topological polar surface area (TPSA) is 76.7 Å². The van der Waals surface area contributed by atoms with Crippen molar-refractivity contribution in [1.82, 2.24) is 10.6 Å². The molecule has 0 aliphatic heterocycles. The number of carbonyl (C=O) groups excluding carboxylic acids is 2. The Morgan fingerprint density at radius 2 is 2.00 bits per heavy atom. The number of ether oxygens (including phenoxy) is 2. The normalized spacial score (nSPS) is 9.50. The van der Waals surface area contributed by atoms with Gasteiger partial charge in [-0.15, -0.1) is 0 Å². The molecule has 0 saturated heterocycles. The molecule has 0 radical (unpaired) electrons. The average Bonchev–Trinajstić information content (AvgIpc) is 2.45. The lowest BCUT2D eigenvalue weighted by molar-refractivity contribution is -0.139. The molecule has 0 bridgehead atoms. The summed E-state index contributed by atoms with van der Waals surface area (Å²) in [5.74, 6) is -0.406. The molecule has 0 aliphatic carbocycles. The van der Waals surface area contributed by atoms with Gasteiger partial charge in [0.25, 0.3) is 5.91 Å². The van der Waals surface area contributed by atoms with Crippen molar-refractivity contribution in [2.24, 2.45) is 0 Å². The minimum atomic E-state index is -0.476. The third kappa shape index (κ3) is 4.85. The molecule has 0 spiro atoms. The Hall–Kier alpha value is -2.15. The molecule has 1 rings (SSSR count). The molecule has 1 aromatic rings. The molecule has 0 aromatic heterocycles. The Bertz CT molecular complexity index is 505. The van der Waals surface area contributed by atoms with Crippen molar-refractivity contribution < 1.29 is 19.1 Å². The molecule has 2 N–H and O–H groups in total. The van der Waals surface area contributed by atoms with E-state index >= 15 is 0 Å². The standard InChI is InChI=1S/C13H16N2O4S/c1-3-19-10-7-5-4-6-9(10)12(17)15-13(20)14-8-11(16)18-2/h4-7H,3,8H2,1-2H3,(H2,14,15,17,20). The van der Waals surface area contributed by atoms with Crippen LogP contribution in [0.3, 0.4) is 0 Å². The third-order valence-electron chi connectivity index (χ3n) is 2.28. The van der Waals surface area contributed by atoms with Crippen molar-refractivity contribution in [3.05, 3.63) is 29.8 Å². The second kappa shape index (κ2) is 8.11. The largest absolute Gasteiger partial charge is 0.493 e. The average molecular weight is 296 g/mol. The summed E-state index contributed by atoms with van der Waals surface area (Å²) in [6.45, 7) is 2.18. The van der Waals surface area contributed by atoms with Crippen LogP contribution in [-0.2, 0) is 9.53 Å². The number of rotatable bonds is 5. The fourth-order valence-corrected chi connectivity index (χ4v) is 1.54. The van der Waals surface area contributed by atoms with Crippen LogP contribution in [0.4, 0.5) is 0 Å². The van der Waals surface area contributed by atoms with E-state index in [1.807, 2.05) is 6.92 Å². The number of thiocarbonyl (C=S) groups is 1. The van der Waals surface area contributed by atoms with Crippen LogP contribution < -0.4 is 15.4 Å². The first-order valence-electron chi connectivity index (χ1n) is 5.96. The Morgan fingerprint density at radius 3 is 2.65 bits per heavy atom. The van der Waals surface area contributed by atoms with Crippen LogP contribution in [0.1, 0.15) is 17.3 Å². The quantitative estimate of drug-likeness (QED) is 0.620. The maximum absolute atomic E-state index is 12.0. The van der Waals surface area contributed by atoms with Crippen molar-refractivity contribution >= 4 is 29.2 Å². The van der Waals surface area contributed by atoms with E-state index < -0.39 is 11.9 Å².